The molecule has 19 heavy (non-hydrogen) atoms. The molecule has 0 bridgehead atoms. The minimum atomic E-state index is 0.280. The zero-order chi connectivity index (χ0) is 13.2. The monoisotopic (exact) mass is 275 g/mol. The maximum absolute atomic E-state index is 11.5. The van der Waals surface area contributed by atoms with Crippen LogP contribution in [0.15, 0.2) is 29.2 Å². The van der Waals surface area contributed by atoms with Crippen LogP contribution in [0.5, 0.6) is 0 Å². The van der Waals surface area contributed by atoms with Crippen LogP contribution in [-0.4, -0.2) is 35.6 Å². The summed E-state index contributed by atoms with van der Waals surface area (Å²) in [6.07, 6.45) is 3.44. The predicted octanol–water partition coefficient (Wildman–Crippen LogP) is 3.00. The third-order valence-corrected chi connectivity index (χ3v) is 5.56. The maximum atomic E-state index is 11.5. The highest BCUT2D eigenvalue weighted by Crippen LogP contribution is 2.37. The van der Waals surface area contributed by atoms with E-state index < -0.39 is 0 Å². The van der Waals surface area contributed by atoms with E-state index in [1.54, 1.807) is 6.92 Å². The first-order chi connectivity index (χ1) is 9.22. The molecule has 0 N–H and O–H groups in total. The lowest BCUT2D eigenvalue weighted by Crippen LogP contribution is -2.41. The molecule has 0 saturated carbocycles. The zero-order valence-corrected chi connectivity index (χ0v) is 12.3. The van der Waals surface area contributed by atoms with Gasteiger partial charge in [0.15, 0.2) is 0 Å². The van der Waals surface area contributed by atoms with Gasteiger partial charge in [-0.15, -0.1) is 11.8 Å². The minimum Gasteiger partial charge on any atom is -0.301 e. The Hall–Kier alpha value is -0.800. The lowest BCUT2D eigenvalue weighted by atomic mass is 9.94. The van der Waals surface area contributed by atoms with Crippen molar-refractivity contribution in [2.45, 2.75) is 36.3 Å². The molecule has 2 unspecified atom stereocenters. The fourth-order valence-electron chi connectivity index (χ4n) is 3.20. The molecule has 3 heteroatoms. The van der Waals surface area contributed by atoms with Crippen LogP contribution in [-0.2, 0) is 11.2 Å². The molecule has 2 atom stereocenters. The largest absolute Gasteiger partial charge is 0.301 e. The Morgan fingerprint density at radius 1 is 1.42 bits per heavy atom. The Kier molecular flexibility index (Phi) is 3.94. The molecule has 3 rings (SSSR count). The second-order valence-electron chi connectivity index (χ2n) is 5.76. The molecule has 2 nitrogen and oxygen atoms in total. The highest BCUT2D eigenvalue weighted by atomic mass is 32.2. The summed E-state index contributed by atoms with van der Waals surface area (Å²) in [5, 5.41) is 0.670. The SMILES string of the molecule is CC(=O)C1CCCN(CC2Cc3ccccc3S2)C1. The summed E-state index contributed by atoms with van der Waals surface area (Å²) in [7, 11) is 0. The van der Waals surface area contributed by atoms with Gasteiger partial charge in [-0.2, -0.15) is 0 Å². The summed E-state index contributed by atoms with van der Waals surface area (Å²) in [5.41, 5.74) is 1.50. The summed E-state index contributed by atoms with van der Waals surface area (Å²) >= 11 is 2.01. The molecule has 0 spiro atoms. The first-order valence-electron chi connectivity index (χ1n) is 7.20. The van der Waals surface area contributed by atoms with Crippen LogP contribution in [0.4, 0.5) is 0 Å². The second kappa shape index (κ2) is 5.68. The molecule has 1 aromatic rings. The number of Topliss-reactive ketones (excluding diaryl/α,β-unsaturated/α-hetero) is 1. The third kappa shape index (κ3) is 3.03. The highest BCUT2D eigenvalue weighted by Gasteiger charge is 2.28. The Labute approximate surface area is 119 Å². The number of carbonyl (C=O) groups excluding carboxylic acids is 1. The number of likely N-dealkylation sites (tertiary alicyclic amines) is 1. The first kappa shape index (κ1) is 13.2. The van der Waals surface area contributed by atoms with Gasteiger partial charge in [-0.3, -0.25) is 4.79 Å². The molecule has 2 heterocycles. The highest BCUT2D eigenvalue weighted by molar-refractivity contribution is 8.00. The number of piperidine rings is 1. The van der Waals surface area contributed by atoms with Gasteiger partial charge in [-0.05, 0) is 44.4 Å². The van der Waals surface area contributed by atoms with E-state index in [1.165, 1.54) is 23.3 Å². The summed E-state index contributed by atoms with van der Waals surface area (Å²) in [4.78, 5) is 15.5. The summed E-state index contributed by atoms with van der Waals surface area (Å²) < 4.78 is 0. The normalized spacial score (nSPS) is 27.2. The molecular formula is C16H21NOS. The summed E-state index contributed by atoms with van der Waals surface area (Å²) in [5.74, 6) is 0.648. The Bertz CT molecular complexity index is 449. The number of carbonyl (C=O) groups is 1. The number of nitrogens with zero attached hydrogens (tertiary/aromatic N) is 1. The molecular weight excluding hydrogens is 254 g/mol. The van der Waals surface area contributed by atoms with Crippen molar-refractivity contribution in [3.8, 4) is 0 Å². The Balaban J connectivity index is 1.57. The fourth-order valence-corrected chi connectivity index (χ4v) is 4.56. The molecule has 1 saturated heterocycles. The van der Waals surface area contributed by atoms with Crippen molar-refractivity contribution < 1.29 is 4.79 Å². The number of thioether (sulfide) groups is 1. The van der Waals surface area contributed by atoms with Crippen LogP contribution in [0.25, 0.3) is 0 Å². The standard InChI is InChI=1S/C16H21NOS/c1-12(18)14-6-4-8-17(10-14)11-15-9-13-5-2-3-7-16(13)19-15/h2-3,5,7,14-15H,4,6,8-11H2,1H3. The van der Waals surface area contributed by atoms with Gasteiger partial charge in [0, 0.05) is 29.2 Å². The van der Waals surface area contributed by atoms with E-state index in [2.05, 4.69) is 29.2 Å². The van der Waals surface area contributed by atoms with Gasteiger partial charge < -0.3 is 4.90 Å². The minimum absolute atomic E-state index is 0.280. The number of ketones is 1. The van der Waals surface area contributed by atoms with E-state index in [1.807, 2.05) is 11.8 Å². The van der Waals surface area contributed by atoms with Crippen LogP contribution in [0.1, 0.15) is 25.3 Å². The number of hydrogen-bond donors (Lipinski definition) is 0. The van der Waals surface area contributed by atoms with Crippen molar-refractivity contribution >= 4 is 17.5 Å². The average Bonchev–Trinajstić information content (AvgIpc) is 2.81. The van der Waals surface area contributed by atoms with E-state index in [0.717, 1.165) is 26.1 Å². The van der Waals surface area contributed by atoms with Crippen molar-refractivity contribution in [1.29, 1.82) is 0 Å². The van der Waals surface area contributed by atoms with E-state index >= 15 is 0 Å². The fraction of sp³-hybridized carbons (Fsp3) is 0.562. The molecule has 2 aliphatic rings. The van der Waals surface area contributed by atoms with Crippen LogP contribution < -0.4 is 0 Å². The van der Waals surface area contributed by atoms with Gasteiger partial charge >= 0.3 is 0 Å². The Morgan fingerprint density at radius 3 is 3.05 bits per heavy atom. The first-order valence-corrected chi connectivity index (χ1v) is 8.07. The van der Waals surface area contributed by atoms with E-state index in [9.17, 15) is 4.79 Å². The maximum Gasteiger partial charge on any atom is 0.134 e. The van der Waals surface area contributed by atoms with Crippen molar-refractivity contribution in [1.82, 2.24) is 4.90 Å². The number of fused-ring (bicyclic) bond motifs is 1. The molecule has 2 aliphatic heterocycles. The molecule has 0 aliphatic carbocycles. The second-order valence-corrected chi connectivity index (χ2v) is 7.10. The summed E-state index contributed by atoms with van der Waals surface area (Å²) in [6.45, 7) is 5.01. The lowest BCUT2D eigenvalue weighted by molar-refractivity contribution is -0.122. The smallest absolute Gasteiger partial charge is 0.134 e. The van der Waals surface area contributed by atoms with Gasteiger partial charge in [0.25, 0.3) is 0 Å². The van der Waals surface area contributed by atoms with Crippen molar-refractivity contribution in [3.63, 3.8) is 0 Å². The average molecular weight is 275 g/mol. The van der Waals surface area contributed by atoms with Crippen LogP contribution >= 0.6 is 11.8 Å². The van der Waals surface area contributed by atoms with Crippen molar-refractivity contribution in [2.75, 3.05) is 19.6 Å². The van der Waals surface area contributed by atoms with Crippen molar-refractivity contribution in [2.24, 2.45) is 5.92 Å². The molecule has 1 fully saturated rings. The van der Waals surface area contributed by atoms with Crippen molar-refractivity contribution in [3.05, 3.63) is 29.8 Å². The van der Waals surface area contributed by atoms with Gasteiger partial charge in [0.2, 0.25) is 0 Å². The van der Waals surface area contributed by atoms with Gasteiger partial charge in [0.1, 0.15) is 5.78 Å². The number of benzene rings is 1. The van der Waals surface area contributed by atoms with Gasteiger partial charge in [-0.25, -0.2) is 0 Å². The molecule has 0 amide bonds. The predicted molar refractivity (Wildman–Crippen MR) is 79.6 cm³/mol. The van der Waals surface area contributed by atoms with Gasteiger partial charge in [0.05, 0.1) is 0 Å². The molecule has 102 valence electrons. The lowest BCUT2D eigenvalue weighted by Gasteiger charge is -2.32. The molecule has 0 aromatic heterocycles. The number of hydrogen-bond acceptors (Lipinski definition) is 3. The third-order valence-electron chi connectivity index (χ3n) is 4.26. The molecule has 1 aromatic carbocycles. The zero-order valence-electron chi connectivity index (χ0n) is 11.5. The van der Waals surface area contributed by atoms with E-state index in [4.69, 9.17) is 0 Å². The van der Waals surface area contributed by atoms with Gasteiger partial charge in [-0.1, -0.05) is 18.2 Å². The number of rotatable bonds is 3. The summed E-state index contributed by atoms with van der Waals surface area (Å²) in [6, 6.07) is 8.74. The Morgan fingerprint density at radius 2 is 2.26 bits per heavy atom. The van der Waals surface area contributed by atoms with E-state index in [0.29, 0.717) is 11.0 Å². The quantitative estimate of drug-likeness (QED) is 0.846. The van der Waals surface area contributed by atoms with Crippen LogP contribution in [0, 0.1) is 5.92 Å². The van der Waals surface area contributed by atoms with E-state index in [-0.39, 0.29) is 5.92 Å². The molecule has 0 radical (unpaired) electrons. The van der Waals surface area contributed by atoms with Crippen LogP contribution in [0.2, 0.25) is 0 Å². The van der Waals surface area contributed by atoms with Crippen LogP contribution in [0.3, 0.4) is 0 Å². The topological polar surface area (TPSA) is 20.3 Å².